The quantitative estimate of drug-likeness (QED) is 0.756. The first kappa shape index (κ1) is 15.0. The second-order valence-corrected chi connectivity index (χ2v) is 5.91. The topological polar surface area (TPSA) is 79.0 Å². The Balaban J connectivity index is 1.64. The summed E-state index contributed by atoms with van der Waals surface area (Å²) in [5, 5.41) is 11.8. The number of rotatable bonds is 4. The van der Waals surface area contributed by atoms with E-state index in [2.05, 4.69) is 31.5 Å². The Labute approximate surface area is 140 Å². The summed E-state index contributed by atoms with van der Waals surface area (Å²) in [6.07, 6.45) is 1.74. The van der Waals surface area contributed by atoms with Crippen molar-refractivity contribution in [3.63, 3.8) is 0 Å². The summed E-state index contributed by atoms with van der Waals surface area (Å²) in [6.45, 7) is 3.45. The maximum absolute atomic E-state index is 5.27. The van der Waals surface area contributed by atoms with Crippen LogP contribution in [-0.4, -0.2) is 59.6 Å². The molecule has 24 heavy (non-hydrogen) atoms. The molecule has 2 N–H and O–H groups in total. The van der Waals surface area contributed by atoms with Crippen molar-refractivity contribution in [3.05, 3.63) is 36.5 Å². The Morgan fingerprint density at radius 1 is 1.29 bits per heavy atom. The molecular weight excluding hydrogens is 304 g/mol. The van der Waals surface area contributed by atoms with Gasteiger partial charge in [0, 0.05) is 44.4 Å². The molecule has 7 nitrogen and oxygen atoms in total. The van der Waals surface area contributed by atoms with Gasteiger partial charge in [-0.05, 0) is 24.3 Å². The van der Waals surface area contributed by atoms with Crippen molar-refractivity contribution >= 4 is 16.9 Å². The van der Waals surface area contributed by atoms with Gasteiger partial charge < -0.3 is 15.0 Å². The van der Waals surface area contributed by atoms with Crippen LogP contribution in [0.3, 0.4) is 0 Å². The molecule has 0 aliphatic carbocycles. The number of aromatic amines is 1. The number of hydrogen-bond acceptors (Lipinski definition) is 6. The lowest BCUT2D eigenvalue weighted by Crippen LogP contribution is -2.52. The standard InChI is InChI=1S/C17H20N6O/c1-24-11-12-10-23(9-8-18-12)15-6-2-5-14(20-15)16-13-4-3-7-19-17(13)22-21-16/h2-7,12,18H,8-11H2,1H3,(H,19,21,22)/t12-/m1/s1. The third kappa shape index (κ3) is 2.83. The van der Waals surface area contributed by atoms with E-state index in [1.54, 1.807) is 13.3 Å². The second-order valence-electron chi connectivity index (χ2n) is 5.91. The monoisotopic (exact) mass is 324 g/mol. The Kier molecular flexibility index (Phi) is 4.10. The number of pyridine rings is 2. The Bertz CT molecular complexity index is 831. The number of aromatic nitrogens is 4. The highest BCUT2D eigenvalue weighted by atomic mass is 16.5. The molecule has 0 aromatic carbocycles. The van der Waals surface area contributed by atoms with Crippen LogP contribution in [-0.2, 0) is 4.74 Å². The summed E-state index contributed by atoms with van der Waals surface area (Å²) in [4.78, 5) is 11.4. The van der Waals surface area contributed by atoms with E-state index in [1.807, 2.05) is 24.3 Å². The number of fused-ring (bicyclic) bond motifs is 1. The van der Waals surface area contributed by atoms with E-state index in [-0.39, 0.29) is 0 Å². The predicted molar refractivity (Wildman–Crippen MR) is 93.0 cm³/mol. The molecule has 1 aliphatic heterocycles. The fraction of sp³-hybridized carbons (Fsp3) is 0.353. The molecule has 0 unspecified atom stereocenters. The van der Waals surface area contributed by atoms with Gasteiger partial charge in [0.1, 0.15) is 5.82 Å². The smallest absolute Gasteiger partial charge is 0.181 e. The average molecular weight is 324 g/mol. The zero-order valence-corrected chi connectivity index (χ0v) is 13.6. The first-order valence-electron chi connectivity index (χ1n) is 8.09. The van der Waals surface area contributed by atoms with Crippen LogP contribution in [0.15, 0.2) is 36.5 Å². The molecule has 1 aliphatic rings. The first-order valence-corrected chi connectivity index (χ1v) is 8.09. The predicted octanol–water partition coefficient (Wildman–Crippen LogP) is 1.44. The molecule has 7 heteroatoms. The molecule has 4 heterocycles. The number of methoxy groups -OCH3 is 1. The third-order valence-corrected chi connectivity index (χ3v) is 4.27. The lowest BCUT2D eigenvalue weighted by molar-refractivity contribution is 0.163. The number of H-pyrrole nitrogens is 1. The highest BCUT2D eigenvalue weighted by Crippen LogP contribution is 2.25. The Hall–Kier alpha value is -2.51. The maximum Gasteiger partial charge on any atom is 0.181 e. The van der Waals surface area contributed by atoms with E-state index >= 15 is 0 Å². The van der Waals surface area contributed by atoms with E-state index in [9.17, 15) is 0 Å². The summed E-state index contributed by atoms with van der Waals surface area (Å²) < 4.78 is 5.27. The van der Waals surface area contributed by atoms with E-state index in [0.29, 0.717) is 18.3 Å². The summed E-state index contributed by atoms with van der Waals surface area (Å²) in [6, 6.07) is 10.3. The Morgan fingerprint density at radius 2 is 2.25 bits per heavy atom. The van der Waals surface area contributed by atoms with Crippen molar-refractivity contribution in [2.45, 2.75) is 6.04 Å². The van der Waals surface area contributed by atoms with Crippen molar-refractivity contribution in [1.29, 1.82) is 0 Å². The molecule has 124 valence electrons. The molecule has 0 saturated carbocycles. The van der Waals surface area contributed by atoms with Crippen molar-refractivity contribution < 1.29 is 4.74 Å². The van der Waals surface area contributed by atoms with E-state index < -0.39 is 0 Å². The van der Waals surface area contributed by atoms with Gasteiger partial charge in [-0.25, -0.2) is 9.97 Å². The van der Waals surface area contributed by atoms with E-state index in [4.69, 9.17) is 9.72 Å². The molecule has 0 radical (unpaired) electrons. The van der Waals surface area contributed by atoms with Crippen LogP contribution >= 0.6 is 0 Å². The van der Waals surface area contributed by atoms with Crippen LogP contribution < -0.4 is 10.2 Å². The van der Waals surface area contributed by atoms with Crippen LogP contribution in [0.1, 0.15) is 0 Å². The molecule has 0 bridgehead atoms. The summed E-state index contributed by atoms with van der Waals surface area (Å²) in [7, 11) is 1.73. The minimum Gasteiger partial charge on any atom is -0.383 e. The lowest BCUT2D eigenvalue weighted by atomic mass is 10.2. The number of piperazine rings is 1. The molecule has 1 atom stereocenters. The van der Waals surface area contributed by atoms with E-state index in [0.717, 1.165) is 42.2 Å². The minimum atomic E-state index is 0.325. The van der Waals surface area contributed by atoms with Crippen LogP contribution in [0.5, 0.6) is 0 Å². The highest BCUT2D eigenvalue weighted by Gasteiger charge is 2.20. The second kappa shape index (κ2) is 6.54. The average Bonchev–Trinajstić information content (AvgIpc) is 3.07. The van der Waals surface area contributed by atoms with Gasteiger partial charge >= 0.3 is 0 Å². The van der Waals surface area contributed by atoms with Gasteiger partial charge in [-0.15, -0.1) is 0 Å². The molecule has 0 spiro atoms. The fourth-order valence-corrected chi connectivity index (χ4v) is 3.13. The summed E-state index contributed by atoms with van der Waals surface area (Å²) in [5.74, 6) is 0.974. The minimum absolute atomic E-state index is 0.325. The molecule has 1 fully saturated rings. The number of hydrogen-bond donors (Lipinski definition) is 2. The molecule has 3 aromatic rings. The summed E-state index contributed by atoms with van der Waals surface area (Å²) >= 11 is 0. The van der Waals surface area contributed by atoms with Crippen LogP contribution in [0.4, 0.5) is 5.82 Å². The van der Waals surface area contributed by atoms with Crippen LogP contribution in [0, 0.1) is 0 Å². The summed E-state index contributed by atoms with van der Waals surface area (Å²) in [5.41, 5.74) is 2.50. The van der Waals surface area contributed by atoms with Crippen molar-refractivity contribution in [3.8, 4) is 11.4 Å². The maximum atomic E-state index is 5.27. The van der Waals surface area contributed by atoms with Crippen molar-refractivity contribution in [2.75, 3.05) is 38.3 Å². The van der Waals surface area contributed by atoms with E-state index in [1.165, 1.54) is 0 Å². The number of nitrogens with zero attached hydrogens (tertiary/aromatic N) is 4. The number of nitrogens with one attached hydrogen (secondary N) is 2. The normalized spacial score (nSPS) is 18.2. The first-order chi connectivity index (χ1) is 11.8. The van der Waals surface area contributed by atoms with Gasteiger partial charge in [0.25, 0.3) is 0 Å². The zero-order valence-electron chi connectivity index (χ0n) is 13.6. The number of anilines is 1. The molecule has 0 amide bonds. The largest absolute Gasteiger partial charge is 0.383 e. The van der Waals surface area contributed by atoms with Crippen LogP contribution in [0.2, 0.25) is 0 Å². The van der Waals surface area contributed by atoms with Crippen molar-refractivity contribution in [2.24, 2.45) is 0 Å². The van der Waals surface area contributed by atoms with Crippen LogP contribution in [0.25, 0.3) is 22.4 Å². The van der Waals surface area contributed by atoms with Gasteiger partial charge in [-0.3, -0.25) is 5.10 Å². The van der Waals surface area contributed by atoms with Gasteiger partial charge in [-0.1, -0.05) is 6.07 Å². The molecular formula is C17H20N6O. The van der Waals surface area contributed by atoms with Gasteiger partial charge in [-0.2, -0.15) is 5.10 Å². The van der Waals surface area contributed by atoms with Crippen molar-refractivity contribution in [1.82, 2.24) is 25.5 Å². The molecule has 1 saturated heterocycles. The van der Waals surface area contributed by atoms with Gasteiger partial charge in [0.05, 0.1) is 18.0 Å². The van der Waals surface area contributed by atoms with Gasteiger partial charge in [0.2, 0.25) is 0 Å². The highest BCUT2D eigenvalue weighted by molar-refractivity contribution is 5.89. The molecule has 4 rings (SSSR count). The number of ether oxygens (including phenoxy) is 1. The lowest BCUT2D eigenvalue weighted by Gasteiger charge is -2.34. The van der Waals surface area contributed by atoms with Gasteiger partial charge in [0.15, 0.2) is 5.65 Å². The third-order valence-electron chi connectivity index (χ3n) is 4.27. The zero-order chi connectivity index (χ0) is 16.4. The Morgan fingerprint density at radius 3 is 3.17 bits per heavy atom. The molecule has 3 aromatic heterocycles. The SMILES string of the molecule is COC[C@H]1CN(c2cccc(-c3[nH]nc4ncccc34)n2)CCN1. The fourth-order valence-electron chi connectivity index (χ4n) is 3.13.